The van der Waals surface area contributed by atoms with E-state index in [1.807, 2.05) is 0 Å². The zero-order valence-electron chi connectivity index (χ0n) is 10.6. The molecule has 1 aromatic carbocycles. The molecule has 0 saturated carbocycles. The highest BCUT2D eigenvalue weighted by Crippen LogP contribution is 2.22. The van der Waals surface area contributed by atoms with Crippen LogP contribution in [0.5, 0.6) is 0 Å². The second kappa shape index (κ2) is 5.79. The number of hydrogen-bond donors (Lipinski definition) is 2. The molecule has 18 heavy (non-hydrogen) atoms. The van der Waals surface area contributed by atoms with Crippen LogP contribution in [0, 0.1) is 6.92 Å². The molecule has 96 valence electrons. The van der Waals surface area contributed by atoms with Gasteiger partial charge in [0.1, 0.15) is 10.7 Å². The fourth-order valence-corrected chi connectivity index (χ4v) is 2.30. The summed E-state index contributed by atoms with van der Waals surface area (Å²) in [6.45, 7) is 5.83. The fourth-order valence-electron chi connectivity index (χ4n) is 1.81. The number of rotatable bonds is 5. The smallest absolute Gasteiger partial charge is 0.149 e. The van der Waals surface area contributed by atoms with Gasteiger partial charge in [0.15, 0.2) is 0 Å². The van der Waals surface area contributed by atoms with Crippen molar-refractivity contribution in [3.63, 3.8) is 0 Å². The maximum atomic E-state index is 5.44. The Morgan fingerprint density at radius 2 is 2.28 bits per heavy atom. The van der Waals surface area contributed by atoms with Gasteiger partial charge in [0.25, 0.3) is 0 Å². The first-order valence-electron chi connectivity index (χ1n) is 5.84. The molecular formula is C12H17N5S. The van der Waals surface area contributed by atoms with Crippen molar-refractivity contribution in [1.29, 1.82) is 0 Å². The lowest BCUT2D eigenvalue weighted by molar-refractivity contribution is 0.804. The molecule has 2 rings (SSSR count). The van der Waals surface area contributed by atoms with Gasteiger partial charge in [-0.1, -0.05) is 16.6 Å². The molecule has 3 N–H and O–H groups in total. The minimum Gasteiger partial charge on any atom is -0.366 e. The van der Waals surface area contributed by atoms with E-state index in [0.717, 1.165) is 17.2 Å². The summed E-state index contributed by atoms with van der Waals surface area (Å²) >= 11 is 1.28. The summed E-state index contributed by atoms with van der Waals surface area (Å²) in [5.41, 5.74) is 5.95. The van der Waals surface area contributed by atoms with Crippen LogP contribution < -0.4 is 16.2 Å². The molecule has 0 bridgehead atoms. The van der Waals surface area contributed by atoms with Crippen molar-refractivity contribution < 1.29 is 0 Å². The Balaban J connectivity index is 2.20. The lowest BCUT2D eigenvalue weighted by atomic mass is 10.2. The van der Waals surface area contributed by atoms with Gasteiger partial charge in [0.05, 0.1) is 6.54 Å². The quantitative estimate of drug-likeness (QED) is 0.639. The average molecular weight is 263 g/mol. The standard InChI is InChI=1S/C12H17N5S/c1-3-17(10-6-4-5-9(2)7-10)8-11-12(14-13)18-16-15-11/h4-7,14H,3,8,13H2,1-2H3. The minimum absolute atomic E-state index is 0.704. The van der Waals surface area contributed by atoms with Crippen molar-refractivity contribution in [2.24, 2.45) is 5.84 Å². The first-order valence-corrected chi connectivity index (χ1v) is 6.61. The maximum absolute atomic E-state index is 5.44. The number of benzene rings is 1. The van der Waals surface area contributed by atoms with Gasteiger partial charge in [0.2, 0.25) is 0 Å². The third kappa shape index (κ3) is 2.77. The molecule has 0 aliphatic rings. The summed E-state index contributed by atoms with van der Waals surface area (Å²) in [4.78, 5) is 2.24. The van der Waals surface area contributed by atoms with Crippen LogP contribution in [0.1, 0.15) is 18.2 Å². The Morgan fingerprint density at radius 3 is 2.94 bits per heavy atom. The second-order valence-corrected chi connectivity index (χ2v) is 4.80. The van der Waals surface area contributed by atoms with E-state index in [-0.39, 0.29) is 0 Å². The van der Waals surface area contributed by atoms with Gasteiger partial charge in [-0.3, -0.25) is 0 Å². The topological polar surface area (TPSA) is 67.1 Å². The predicted octanol–water partition coefficient (Wildman–Crippen LogP) is 2.16. The first kappa shape index (κ1) is 12.8. The monoisotopic (exact) mass is 263 g/mol. The van der Waals surface area contributed by atoms with Crippen molar-refractivity contribution in [3.8, 4) is 0 Å². The summed E-state index contributed by atoms with van der Waals surface area (Å²) in [5, 5.41) is 4.93. The highest BCUT2D eigenvalue weighted by Gasteiger charge is 2.12. The van der Waals surface area contributed by atoms with Gasteiger partial charge >= 0.3 is 0 Å². The molecule has 5 nitrogen and oxygen atoms in total. The lowest BCUT2D eigenvalue weighted by Crippen LogP contribution is -2.23. The van der Waals surface area contributed by atoms with E-state index in [1.54, 1.807) is 0 Å². The van der Waals surface area contributed by atoms with Crippen LogP contribution in [0.2, 0.25) is 0 Å². The number of hydrogen-bond acceptors (Lipinski definition) is 6. The largest absolute Gasteiger partial charge is 0.366 e. The summed E-state index contributed by atoms with van der Waals surface area (Å²) in [7, 11) is 0. The molecule has 0 aliphatic carbocycles. The Bertz CT molecular complexity index is 511. The maximum Gasteiger partial charge on any atom is 0.149 e. The molecule has 0 amide bonds. The number of aryl methyl sites for hydroxylation is 1. The summed E-state index contributed by atoms with van der Waals surface area (Å²) in [6.07, 6.45) is 0. The van der Waals surface area contributed by atoms with Crippen molar-refractivity contribution in [2.75, 3.05) is 16.9 Å². The number of aromatic nitrogens is 2. The predicted molar refractivity (Wildman–Crippen MR) is 75.6 cm³/mol. The number of nitrogens with one attached hydrogen (secondary N) is 1. The van der Waals surface area contributed by atoms with Gasteiger partial charge < -0.3 is 10.3 Å². The lowest BCUT2D eigenvalue weighted by Gasteiger charge is -2.22. The highest BCUT2D eigenvalue weighted by molar-refractivity contribution is 7.10. The van der Waals surface area contributed by atoms with Gasteiger partial charge in [-0.05, 0) is 31.5 Å². The molecule has 6 heteroatoms. The first-order chi connectivity index (χ1) is 8.74. The highest BCUT2D eigenvalue weighted by atomic mass is 32.1. The van der Waals surface area contributed by atoms with Crippen LogP contribution >= 0.6 is 11.5 Å². The SMILES string of the molecule is CCN(Cc1nnsc1NN)c1cccc(C)c1. The molecule has 0 saturated heterocycles. The zero-order valence-corrected chi connectivity index (χ0v) is 11.4. The fraction of sp³-hybridized carbons (Fsp3) is 0.333. The second-order valence-electron chi connectivity index (χ2n) is 4.05. The van der Waals surface area contributed by atoms with E-state index in [2.05, 4.69) is 58.0 Å². The molecule has 0 radical (unpaired) electrons. The third-order valence-corrected chi connectivity index (χ3v) is 3.48. The number of hydrazine groups is 1. The average Bonchev–Trinajstić information content (AvgIpc) is 2.83. The van der Waals surface area contributed by atoms with Crippen LogP contribution in [0.25, 0.3) is 0 Å². The molecule has 0 spiro atoms. The molecule has 0 fully saturated rings. The number of nitrogen functional groups attached to an aromatic ring is 1. The van der Waals surface area contributed by atoms with Crippen molar-refractivity contribution in [1.82, 2.24) is 9.59 Å². The third-order valence-electron chi connectivity index (χ3n) is 2.78. The molecule has 1 aromatic heterocycles. The molecule has 0 atom stereocenters. The van der Waals surface area contributed by atoms with Gasteiger partial charge in [-0.15, -0.1) is 5.10 Å². The van der Waals surface area contributed by atoms with E-state index in [1.165, 1.54) is 22.8 Å². The Morgan fingerprint density at radius 1 is 1.44 bits per heavy atom. The summed E-state index contributed by atoms with van der Waals surface area (Å²) < 4.78 is 3.91. The molecule has 2 aromatic rings. The number of nitrogens with two attached hydrogens (primary N) is 1. The Kier molecular flexibility index (Phi) is 4.11. The van der Waals surface area contributed by atoms with Crippen molar-refractivity contribution >= 4 is 22.2 Å². The summed E-state index contributed by atoms with van der Waals surface area (Å²) in [5.74, 6) is 5.44. The van der Waals surface area contributed by atoms with Crippen LogP contribution in [0.4, 0.5) is 10.7 Å². The van der Waals surface area contributed by atoms with Crippen molar-refractivity contribution in [3.05, 3.63) is 35.5 Å². The van der Waals surface area contributed by atoms with Crippen LogP contribution in [0.3, 0.4) is 0 Å². The van der Waals surface area contributed by atoms with Gasteiger partial charge in [-0.25, -0.2) is 5.84 Å². The van der Waals surface area contributed by atoms with E-state index in [4.69, 9.17) is 5.84 Å². The Hall–Kier alpha value is -1.66. The van der Waals surface area contributed by atoms with E-state index in [0.29, 0.717) is 6.54 Å². The van der Waals surface area contributed by atoms with Crippen molar-refractivity contribution in [2.45, 2.75) is 20.4 Å². The minimum atomic E-state index is 0.704. The van der Waals surface area contributed by atoms with E-state index < -0.39 is 0 Å². The van der Waals surface area contributed by atoms with Crippen LogP contribution in [0.15, 0.2) is 24.3 Å². The van der Waals surface area contributed by atoms with E-state index >= 15 is 0 Å². The zero-order chi connectivity index (χ0) is 13.0. The van der Waals surface area contributed by atoms with Crippen LogP contribution in [-0.4, -0.2) is 16.1 Å². The number of anilines is 2. The summed E-state index contributed by atoms with van der Waals surface area (Å²) in [6, 6.07) is 8.42. The van der Waals surface area contributed by atoms with Gasteiger partial charge in [-0.2, -0.15) is 0 Å². The van der Waals surface area contributed by atoms with Crippen LogP contribution in [-0.2, 0) is 6.54 Å². The molecule has 0 unspecified atom stereocenters. The molecule has 1 heterocycles. The Labute approximate surface area is 111 Å². The molecular weight excluding hydrogens is 246 g/mol. The molecule has 0 aliphatic heterocycles. The van der Waals surface area contributed by atoms with E-state index in [9.17, 15) is 0 Å². The van der Waals surface area contributed by atoms with Gasteiger partial charge in [0, 0.05) is 23.8 Å². The normalized spacial score (nSPS) is 10.4. The number of nitrogens with zero attached hydrogens (tertiary/aromatic N) is 3.